The molecule has 2 aromatic heterocycles. The van der Waals surface area contributed by atoms with Crippen LogP contribution >= 0.6 is 0 Å². The van der Waals surface area contributed by atoms with Gasteiger partial charge in [0.15, 0.2) is 11.3 Å². The smallest absolute Gasteiger partial charge is 0.267 e. The zero-order chi connectivity index (χ0) is 19.8. The van der Waals surface area contributed by atoms with Gasteiger partial charge in [0.1, 0.15) is 5.58 Å². The van der Waals surface area contributed by atoms with Crippen molar-refractivity contribution in [2.75, 3.05) is 7.11 Å². The molecule has 0 spiro atoms. The molecule has 0 aliphatic rings. The van der Waals surface area contributed by atoms with Gasteiger partial charge in [0.25, 0.3) is 5.56 Å². The van der Waals surface area contributed by atoms with Crippen molar-refractivity contribution in [1.82, 2.24) is 9.78 Å². The molecule has 0 amide bonds. The summed E-state index contributed by atoms with van der Waals surface area (Å²) in [4.78, 5) is 12.4. The summed E-state index contributed by atoms with van der Waals surface area (Å²) in [7, 11) is 1.62. The fraction of sp³-hybridized carbons (Fsp3) is 0.0833. The van der Waals surface area contributed by atoms with E-state index < -0.39 is 0 Å². The molecule has 0 saturated carbocycles. The van der Waals surface area contributed by atoms with Crippen LogP contribution in [0.4, 0.5) is 0 Å². The van der Waals surface area contributed by atoms with Gasteiger partial charge in [0, 0.05) is 22.4 Å². The van der Waals surface area contributed by atoms with Gasteiger partial charge in [-0.05, 0) is 29.8 Å². The van der Waals surface area contributed by atoms with E-state index in [-0.39, 0.29) is 5.56 Å². The maximum Gasteiger partial charge on any atom is 0.267 e. The Kier molecular flexibility index (Phi) is 4.13. The number of furan rings is 1. The van der Waals surface area contributed by atoms with Gasteiger partial charge in [0.2, 0.25) is 0 Å². The summed E-state index contributed by atoms with van der Waals surface area (Å²) >= 11 is 0. The molecule has 0 fully saturated rings. The zero-order valence-corrected chi connectivity index (χ0v) is 15.8. The van der Waals surface area contributed by atoms with Gasteiger partial charge in [-0.1, -0.05) is 48.5 Å². The molecule has 0 saturated heterocycles. The molecule has 0 N–H and O–H groups in total. The number of hydrogen-bond donors (Lipinski definition) is 0. The topological polar surface area (TPSA) is 57.3 Å². The van der Waals surface area contributed by atoms with Gasteiger partial charge >= 0.3 is 0 Å². The van der Waals surface area contributed by atoms with E-state index in [0.29, 0.717) is 23.6 Å². The summed E-state index contributed by atoms with van der Waals surface area (Å²) in [5.41, 5.74) is 3.94. The lowest BCUT2D eigenvalue weighted by atomic mass is 10.0. The largest absolute Gasteiger partial charge is 0.493 e. The van der Waals surface area contributed by atoms with Crippen LogP contribution in [0.1, 0.15) is 5.56 Å². The second kappa shape index (κ2) is 6.95. The quantitative estimate of drug-likeness (QED) is 0.445. The van der Waals surface area contributed by atoms with Crippen LogP contribution in [0.3, 0.4) is 0 Å². The SMILES string of the molecule is COc1ccc(-c2ccc(=O)n(Cc3ccccc3)n2)c2c1oc1ccccc12. The van der Waals surface area contributed by atoms with E-state index >= 15 is 0 Å². The lowest BCUT2D eigenvalue weighted by Crippen LogP contribution is -2.22. The molecule has 3 aromatic carbocycles. The average molecular weight is 382 g/mol. The Morgan fingerprint density at radius 1 is 0.931 bits per heavy atom. The number of benzene rings is 3. The Hall–Kier alpha value is -3.86. The number of ether oxygens (including phenoxy) is 1. The van der Waals surface area contributed by atoms with Crippen molar-refractivity contribution < 1.29 is 9.15 Å². The first kappa shape index (κ1) is 17.3. The van der Waals surface area contributed by atoms with Gasteiger partial charge in [-0.2, -0.15) is 5.10 Å². The highest BCUT2D eigenvalue weighted by molar-refractivity contribution is 6.13. The first-order valence-electron chi connectivity index (χ1n) is 9.35. The third-order valence-electron chi connectivity index (χ3n) is 5.03. The van der Waals surface area contributed by atoms with Crippen LogP contribution < -0.4 is 10.3 Å². The summed E-state index contributed by atoms with van der Waals surface area (Å²) < 4.78 is 13.1. The van der Waals surface area contributed by atoms with Gasteiger partial charge in [-0.25, -0.2) is 4.68 Å². The van der Waals surface area contributed by atoms with Gasteiger partial charge in [0.05, 0.1) is 19.3 Å². The van der Waals surface area contributed by atoms with Gasteiger partial charge < -0.3 is 9.15 Å². The van der Waals surface area contributed by atoms with E-state index in [2.05, 4.69) is 5.10 Å². The number of aromatic nitrogens is 2. The summed E-state index contributed by atoms with van der Waals surface area (Å²) in [6, 6.07) is 24.8. The molecule has 5 aromatic rings. The lowest BCUT2D eigenvalue weighted by Gasteiger charge is -2.09. The molecule has 2 heterocycles. The third kappa shape index (κ3) is 2.97. The van der Waals surface area contributed by atoms with E-state index in [1.54, 1.807) is 19.2 Å². The zero-order valence-electron chi connectivity index (χ0n) is 15.8. The van der Waals surface area contributed by atoms with Crippen molar-refractivity contribution in [2.24, 2.45) is 0 Å². The first-order chi connectivity index (χ1) is 14.2. The number of fused-ring (bicyclic) bond motifs is 3. The molecular formula is C24H18N2O3. The van der Waals surface area contributed by atoms with Crippen LogP contribution in [-0.4, -0.2) is 16.9 Å². The highest BCUT2D eigenvalue weighted by Crippen LogP contribution is 2.40. The van der Waals surface area contributed by atoms with Crippen molar-refractivity contribution in [1.29, 1.82) is 0 Å². The molecule has 142 valence electrons. The van der Waals surface area contributed by atoms with Gasteiger partial charge in [-0.3, -0.25) is 4.79 Å². The van der Waals surface area contributed by atoms with Crippen LogP contribution in [0.5, 0.6) is 5.75 Å². The first-order valence-corrected chi connectivity index (χ1v) is 9.35. The number of para-hydroxylation sites is 1. The van der Waals surface area contributed by atoms with E-state index in [1.165, 1.54) is 4.68 Å². The van der Waals surface area contributed by atoms with Crippen LogP contribution in [0, 0.1) is 0 Å². The molecule has 0 bridgehead atoms. The van der Waals surface area contributed by atoms with Crippen molar-refractivity contribution in [3.8, 4) is 17.0 Å². The maximum atomic E-state index is 12.4. The monoisotopic (exact) mass is 382 g/mol. The van der Waals surface area contributed by atoms with Crippen molar-refractivity contribution >= 4 is 21.9 Å². The standard InChI is InChI=1S/C24H18N2O3/c1-28-21-13-11-17(23-18-9-5-6-10-20(18)29-24(21)23)19-12-14-22(27)26(25-19)15-16-7-3-2-4-8-16/h2-14H,15H2,1H3. The molecule has 5 heteroatoms. The highest BCUT2D eigenvalue weighted by atomic mass is 16.5. The van der Waals surface area contributed by atoms with Crippen LogP contribution in [-0.2, 0) is 6.54 Å². The normalized spacial score (nSPS) is 11.2. The van der Waals surface area contributed by atoms with Crippen LogP contribution in [0.25, 0.3) is 33.2 Å². The Bertz CT molecular complexity index is 1380. The third-order valence-corrected chi connectivity index (χ3v) is 5.03. The summed E-state index contributed by atoms with van der Waals surface area (Å²) in [5.74, 6) is 0.664. The summed E-state index contributed by atoms with van der Waals surface area (Å²) in [6.45, 7) is 0.416. The average Bonchev–Trinajstić information content (AvgIpc) is 3.15. The Morgan fingerprint density at radius 2 is 1.72 bits per heavy atom. The molecular weight excluding hydrogens is 364 g/mol. The minimum absolute atomic E-state index is 0.139. The number of nitrogens with zero attached hydrogens (tertiary/aromatic N) is 2. The predicted molar refractivity (Wildman–Crippen MR) is 113 cm³/mol. The summed E-state index contributed by atoms with van der Waals surface area (Å²) in [5, 5.41) is 6.56. The Balaban J connectivity index is 1.72. The Morgan fingerprint density at radius 3 is 2.55 bits per heavy atom. The molecule has 0 aliphatic carbocycles. The highest BCUT2D eigenvalue weighted by Gasteiger charge is 2.17. The number of hydrogen-bond acceptors (Lipinski definition) is 4. The fourth-order valence-corrected chi connectivity index (χ4v) is 3.64. The minimum atomic E-state index is -0.139. The second-order valence-electron chi connectivity index (χ2n) is 6.82. The van der Waals surface area contributed by atoms with E-state index in [0.717, 1.165) is 27.5 Å². The van der Waals surface area contributed by atoms with Crippen molar-refractivity contribution in [3.05, 3.63) is 94.8 Å². The fourth-order valence-electron chi connectivity index (χ4n) is 3.64. The molecule has 0 unspecified atom stereocenters. The predicted octanol–water partition coefficient (Wildman–Crippen LogP) is 4.87. The second-order valence-corrected chi connectivity index (χ2v) is 6.82. The van der Waals surface area contributed by atoms with Crippen molar-refractivity contribution in [3.63, 3.8) is 0 Å². The number of rotatable bonds is 4. The van der Waals surface area contributed by atoms with Crippen molar-refractivity contribution in [2.45, 2.75) is 6.54 Å². The molecule has 5 rings (SSSR count). The van der Waals surface area contributed by atoms with Crippen LogP contribution in [0.15, 0.2) is 88.1 Å². The molecule has 0 radical (unpaired) electrons. The summed E-state index contributed by atoms with van der Waals surface area (Å²) in [6.07, 6.45) is 0. The Labute approximate surface area is 166 Å². The molecule has 0 aliphatic heterocycles. The van der Waals surface area contributed by atoms with E-state index in [9.17, 15) is 4.79 Å². The minimum Gasteiger partial charge on any atom is -0.493 e. The lowest BCUT2D eigenvalue weighted by molar-refractivity contribution is 0.412. The van der Waals surface area contributed by atoms with Gasteiger partial charge in [-0.15, -0.1) is 0 Å². The van der Waals surface area contributed by atoms with Crippen LogP contribution in [0.2, 0.25) is 0 Å². The maximum absolute atomic E-state index is 12.4. The number of methoxy groups -OCH3 is 1. The molecule has 29 heavy (non-hydrogen) atoms. The molecule has 5 nitrogen and oxygen atoms in total. The molecule has 0 atom stereocenters. The van der Waals surface area contributed by atoms with E-state index in [1.807, 2.05) is 66.7 Å². The van der Waals surface area contributed by atoms with E-state index in [4.69, 9.17) is 9.15 Å².